The molecule has 2 unspecified atom stereocenters. The minimum Gasteiger partial charge on any atom is -0.494 e. The Bertz CT molecular complexity index is 1260. The Hall–Kier alpha value is -3.72. The number of ether oxygens (including phenoxy) is 2. The zero-order chi connectivity index (χ0) is 25.2. The largest absolute Gasteiger partial charge is 0.494 e. The van der Waals surface area contributed by atoms with Gasteiger partial charge in [-0.3, -0.25) is 14.2 Å². The van der Waals surface area contributed by atoms with Crippen molar-refractivity contribution in [1.82, 2.24) is 4.57 Å². The number of carboxylic acids is 1. The molecule has 0 radical (unpaired) electrons. The van der Waals surface area contributed by atoms with Crippen molar-refractivity contribution in [1.29, 1.82) is 5.26 Å². The van der Waals surface area contributed by atoms with E-state index in [1.54, 1.807) is 6.92 Å². The van der Waals surface area contributed by atoms with E-state index in [0.717, 1.165) is 16.7 Å². The van der Waals surface area contributed by atoms with Crippen LogP contribution in [0.15, 0.2) is 18.2 Å². The van der Waals surface area contributed by atoms with E-state index in [0.29, 0.717) is 6.07 Å². The number of hydrogen-bond donors (Lipinski definition) is 3. The normalized spacial score (nSPS) is 25.1. The molecule has 3 atom stereocenters. The molecule has 0 spiro atoms. The van der Waals surface area contributed by atoms with Crippen LogP contribution in [0.5, 0.6) is 11.8 Å². The molecule has 1 aromatic heterocycles. The van der Waals surface area contributed by atoms with Crippen molar-refractivity contribution in [2.45, 2.75) is 56.6 Å². The number of carboxylic acid groups (broad SMARTS) is 1. The Morgan fingerprint density at radius 3 is 2.47 bits per heavy atom. The first kappa shape index (κ1) is 23.4. The molecule has 0 amide bonds. The lowest BCUT2D eigenvalue weighted by molar-refractivity contribution is -0.161. The first-order valence-electron chi connectivity index (χ1n) is 10.1. The van der Waals surface area contributed by atoms with Crippen LogP contribution in [0, 0.1) is 11.3 Å². The van der Waals surface area contributed by atoms with Gasteiger partial charge in [0.1, 0.15) is 17.3 Å². The molecule has 4 rings (SSSR count). The zero-order valence-electron chi connectivity index (χ0n) is 17.9. The van der Waals surface area contributed by atoms with Crippen molar-refractivity contribution >= 4 is 11.9 Å². The monoisotopic (exact) mass is 480 g/mol. The second-order valence-electron chi connectivity index (χ2n) is 8.59. The summed E-state index contributed by atoms with van der Waals surface area (Å²) in [6.45, 7) is 3.08. The van der Waals surface area contributed by atoms with Gasteiger partial charge in [0.05, 0.1) is 46.9 Å². The van der Waals surface area contributed by atoms with E-state index in [-0.39, 0.29) is 29.7 Å². The molecule has 3 heterocycles. The van der Waals surface area contributed by atoms with Gasteiger partial charge >= 0.3 is 18.1 Å². The molecule has 1 saturated heterocycles. The summed E-state index contributed by atoms with van der Waals surface area (Å²) >= 11 is 0. The molecule has 12 heteroatoms. The molecule has 1 fully saturated rings. The molecule has 2 aliphatic rings. The number of nitriles is 1. The van der Waals surface area contributed by atoms with E-state index in [1.165, 1.54) is 13.0 Å². The minimum absolute atomic E-state index is 0.0488. The van der Waals surface area contributed by atoms with Crippen molar-refractivity contribution in [3.8, 4) is 23.5 Å². The maximum atomic E-state index is 13.4. The van der Waals surface area contributed by atoms with E-state index < -0.39 is 64.7 Å². The third kappa shape index (κ3) is 3.35. The van der Waals surface area contributed by atoms with Gasteiger partial charge in [-0.1, -0.05) is 0 Å². The van der Waals surface area contributed by atoms with Gasteiger partial charge < -0.3 is 24.8 Å². The first-order chi connectivity index (χ1) is 15.7. The quantitative estimate of drug-likeness (QED) is 0.553. The molecule has 9 nitrogen and oxygen atoms in total. The summed E-state index contributed by atoms with van der Waals surface area (Å²) in [5.41, 5.74) is -4.59. The molecular weight excluding hydrogens is 461 g/mol. The molecule has 0 saturated carbocycles. The number of nitrogens with zero attached hydrogens (tertiary/aromatic N) is 2. The number of carbonyl (C=O) groups is 2. The number of esters is 1. The standard InChI is InChI=1S/C22H19F3N2O7/c1-20-8-13(33-15(30)6-5-14(28)29)21(2,34-20)17-16(20)18(31)27(19(17)32)11-4-3-10(9-26)12(7-11)22(23,24)25/h3-4,7,13,31-32H,5-6,8H2,1-2H3,(H,28,29)/t13-,20?,21?/m1/s1. The molecular formula is C22H19F3N2O7. The smallest absolute Gasteiger partial charge is 0.417 e. The fraction of sp³-hybridized carbons (Fsp3) is 0.409. The number of alkyl halides is 3. The second kappa shape index (κ2) is 7.39. The van der Waals surface area contributed by atoms with Crippen LogP contribution in [0.3, 0.4) is 0 Å². The van der Waals surface area contributed by atoms with Gasteiger partial charge in [-0.05, 0) is 32.0 Å². The first-order valence-corrected chi connectivity index (χ1v) is 10.1. The van der Waals surface area contributed by atoms with Crippen molar-refractivity contribution < 1.29 is 47.6 Å². The number of aromatic hydroxyl groups is 2. The second-order valence-corrected chi connectivity index (χ2v) is 8.59. The SMILES string of the molecule is CC12C[C@@H](OC(=O)CCC(=O)O)C(C)(O1)c1c2c(O)n(-c2ccc(C#N)c(C(F)(F)F)c2)c1O. The highest BCUT2D eigenvalue weighted by Gasteiger charge is 2.66. The topological polar surface area (TPSA) is 142 Å². The summed E-state index contributed by atoms with van der Waals surface area (Å²) in [6.07, 6.45) is -6.55. The van der Waals surface area contributed by atoms with Crippen LogP contribution in [0.2, 0.25) is 0 Å². The average Bonchev–Trinajstić information content (AvgIpc) is 3.26. The molecule has 2 bridgehead atoms. The van der Waals surface area contributed by atoms with Crippen molar-refractivity contribution in [2.75, 3.05) is 0 Å². The van der Waals surface area contributed by atoms with E-state index in [1.807, 2.05) is 0 Å². The molecule has 34 heavy (non-hydrogen) atoms. The van der Waals surface area contributed by atoms with Crippen LogP contribution in [0.25, 0.3) is 5.69 Å². The molecule has 0 aliphatic carbocycles. The van der Waals surface area contributed by atoms with Crippen LogP contribution in [-0.2, 0) is 36.4 Å². The lowest BCUT2D eigenvalue weighted by Crippen LogP contribution is -2.37. The van der Waals surface area contributed by atoms with Gasteiger partial charge in [0.2, 0.25) is 11.8 Å². The Balaban J connectivity index is 1.78. The average molecular weight is 480 g/mol. The van der Waals surface area contributed by atoms with Crippen molar-refractivity contribution in [3.63, 3.8) is 0 Å². The van der Waals surface area contributed by atoms with Crippen molar-refractivity contribution in [2.24, 2.45) is 0 Å². The van der Waals surface area contributed by atoms with Gasteiger partial charge in [-0.25, -0.2) is 0 Å². The number of aliphatic carboxylic acids is 1. The Morgan fingerprint density at radius 1 is 1.24 bits per heavy atom. The maximum absolute atomic E-state index is 13.4. The maximum Gasteiger partial charge on any atom is 0.417 e. The predicted molar refractivity (Wildman–Crippen MR) is 106 cm³/mol. The fourth-order valence-corrected chi connectivity index (χ4v) is 4.84. The molecule has 2 aromatic rings. The number of fused-ring (bicyclic) bond motifs is 5. The van der Waals surface area contributed by atoms with Crippen molar-refractivity contribution in [3.05, 3.63) is 40.5 Å². The van der Waals surface area contributed by atoms with E-state index >= 15 is 0 Å². The lowest BCUT2D eigenvalue weighted by Gasteiger charge is -2.29. The van der Waals surface area contributed by atoms with Crippen LogP contribution in [0.1, 0.15) is 55.4 Å². The highest BCUT2D eigenvalue weighted by atomic mass is 19.4. The van der Waals surface area contributed by atoms with Gasteiger partial charge in [0.25, 0.3) is 0 Å². The van der Waals surface area contributed by atoms with Crippen LogP contribution in [0.4, 0.5) is 13.2 Å². The summed E-state index contributed by atoms with van der Waals surface area (Å²) in [5, 5.41) is 39.7. The number of hydrogen-bond acceptors (Lipinski definition) is 7. The third-order valence-corrected chi connectivity index (χ3v) is 6.28. The zero-order valence-corrected chi connectivity index (χ0v) is 17.9. The molecule has 2 aliphatic heterocycles. The highest BCUT2D eigenvalue weighted by molar-refractivity contribution is 5.77. The fourth-order valence-electron chi connectivity index (χ4n) is 4.84. The van der Waals surface area contributed by atoms with E-state index in [2.05, 4.69) is 0 Å². The number of rotatable bonds is 5. The summed E-state index contributed by atoms with van der Waals surface area (Å²) in [4.78, 5) is 22.8. The van der Waals surface area contributed by atoms with Gasteiger partial charge in [0.15, 0.2) is 0 Å². The molecule has 3 N–H and O–H groups in total. The highest BCUT2D eigenvalue weighted by Crippen LogP contribution is 2.65. The molecule has 1 aromatic carbocycles. The third-order valence-electron chi connectivity index (χ3n) is 6.28. The van der Waals surface area contributed by atoms with E-state index in [4.69, 9.17) is 19.8 Å². The Morgan fingerprint density at radius 2 is 1.88 bits per heavy atom. The predicted octanol–water partition coefficient (Wildman–Crippen LogP) is 3.42. The summed E-state index contributed by atoms with van der Waals surface area (Å²) < 4.78 is 52.6. The number of benzene rings is 1. The summed E-state index contributed by atoms with van der Waals surface area (Å²) in [5.74, 6) is -3.13. The minimum atomic E-state index is -4.85. The molecule has 180 valence electrons. The number of aromatic nitrogens is 1. The number of carbonyl (C=O) groups excluding carboxylic acids is 1. The Labute approximate surface area is 190 Å². The lowest BCUT2D eigenvalue weighted by atomic mass is 9.78. The van der Waals surface area contributed by atoms with Crippen LogP contribution < -0.4 is 0 Å². The summed E-state index contributed by atoms with van der Waals surface area (Å²) in [6, 6.07) is 4.20. The van der Waals surface area contributed by atoms with Gasteiger partial charge in [-0.15, -0.1) is 0 Å². The van der Waals surface area contributed by atoms with Gasteiger partial charge in [0, 0.05) is 6.42 Å². The van der Waals surface area contributed by atoms with Crippen LogP contribution in [-0.4, -0.2) is 37.9 Å². The summed E-state index contributed by atoms with van der Waals surface area (Å²) in [7, 11) is 0. The Kier molecular flexibility index (Phi) is 5.10. The van der Waals surface area contributed by atoms with Gasteiger partial charge in [-0.2, -0.15) is 18.4 Å². The van der Waals surface area contributed by atoms with E-state index in [9.17, 15) is 33.0 Å². The number of halogens is 3. The van der Waals surface area contributed by atoms with Crippen LogP contribution >= 0.6 is 0 Å².